The van der Waals surface area contributed by atoms with Gasteiger partial charge >= 0.3 is 12.0 Å². The van der Waals surface area contributed by atoms with E-state index in [4.69, 9.17) is 10.5 Å². The zero-order valence-corrected chi connectivity index (χ0v) is 13.9. The molecule has 4 amide bonds. The van der Waals surface area contributed by atoms with Crippen LogP contribution in [0.5, 0.6) is 0 Å². The van der Waals surface area contributed by atoms with Gasteiger partial charge in [-0.1, -0.05) is 12.1 Å². The highest BCUT2D eigenvalue weighted by molar-refractivity contribution is 5.95. The van der Waals surface area contributed by atoms with Gasteiger partial charge in [0.15, 0.2) is 0 Å². The summed E-state index contributed by atoms with van der Waals surface area (Å²) in [6.07, 6.45) is 1.27. The van der Waals surface area contributed by atoms with Crippen molar-refractivity contribution >= 4 is 30.0 Å². The van der Waals surface area contributed by atoms with E-state index in [0.717, 1.165) is 5.56 Å². The van der Waals surface area contributed by atoms with Gasteiger partial charge in [0, 0.05) is 19.2 Å². The lowest BCUT2D eigenvalue weighted by atomic mass is 10.1. The Kier molecular flexibility index (Phi) is 8.48. The molecule has 0 aromatic heterocycles. The smallest absolute Gasteiger partial charge is 0.312 e. The Hall–Kier alpha value is -3.10. The molecule has 0 aliphatic carbocycles. The van der Waals surface area contributed by atoms with E-state index >= 15 is 0 Å². The standard InChI is InChI=1S/C16H22N4O5/c1-11(22)25-9-12-4-6-13(7-5-12)20-15(23)14(19-10-21)3-2-8-18-16(17)24/h4-7,10,14H,2-3,8-9H2,1H3,(H,19,21)(H,20,23)(H3,17,18,24). The number of anilines is 1. The highest BCUT2D eigenvalue weighted by atomic mass is 16.5. The minimum Gasteiger partial charge on any atom is -0.461 e. The highest BCUT2D eigenvalue weighted by Gasteiger charge is 2.17. The molecule has 0 saturated heterocycles. The van der Waals surface area contributed by atoms with Crippen LogP contribution in [0, 0.1) is 0 Å². The number of urea groups is 1. The summed E-state index contributed by atoms with van der Waals surface area (Å²) in [4.78, 5) is 44.2. The largest absolute Gasteiger partial charge is 0.461 e. The van der Waals surface area contributed by atoms with Crippen molar-refractivity contribution in [3.8, 4) is 0 Å². The van der Waals surface area contributed by atoms with Crippen molar-refractivity contribution in [3.63, 3.8) is 0 Å². The third kappa shape index (κ3) is 8.35. The Morgan fingerprint density at radius 2 is 1.92 bits per heavy atom. The van der Waals surface area contributed by atoms with Crippen LogP contribution in [0.4, 0.5) is 10.5 Å². The molecule has 0 saturated carbocycles. The summed E-state index contributed by atoms with van der Waals surface area (Å²) < 4.78 is 4.88. The number of nitrogens with one attached hydrogen (secondary N) is 3. The summed E-state index contributed by atoms with van der Waals surface area (Å²) in [5, 5.41) is 7.54. The SMILES string of the molecule is CC(=O)OCc1ccc(NC(=O)C(CCCNC(N)=O)NC=O)cc1. The number of ether oxygens (including phenoxy) is 1. The van der Waals surface area contributed by atoms with Gasteiger partial charge in [-0.3, -0.25) is 14.4 Å². The zero-order valence-electron chi connectivity index (χ0n) is 13.9. The van der Waals surface area contributed by atoms with Crippen LogP contribution in [0.1, 0.15) is 25.3 Å². The molecule has 5 N–H and O–H groups in total. The number of benzene rings is 1. The van der Waals surface area contributed by atoms with E-state index in [2.05, 4.69) is 16.0 Å². The second kappa shape index (κ2) is 10.6. The molecule has 1 atom stereocenters. The summed E-state index contributed by atoms with van der Waals surface area (Å²) >= 11 is 0. The predicted molar refractivity (Wildman–Crippen MR) is 90.3 cm³/mol. The minimum absolute atomic E-state index is 0.158. The molecule has 0 aliphatic rings. The van der Waals surface area contributed by atoms with Gasteiger partial charge in [-0.15, -0.1) is 0 Å². The average molecular weight is 350 g/mol. The molecule has 9 heteroatoms. The number of carbonyl (C=O) groups excluding carboxylic acids is 4. The second-order valence-electron chi connectivity index (χ2n) is 5.24. The molecule has 0 aliphatic heterocycles. The number of rotatable bonds is 10. The molecule has 0 radical (unpaired) electrons. The first-order chi connectivity index (χ1) is 11.9. The van der Waals surface area contributed by atoms with Crippen molar-refractivity contribution in [2.75, 3.05) is 11.9 Å². The molecular formula is C16H22N4O5. The van der Waals surface area contributed by atoms with Gasteiger partial charge in [0.1, 0.15) is 12.6 Å². The van der Waals surface area contributed by atoms with Crippen molar-refractivity contribution in [2.45, 2.75) is 32.4 Å². The van der Waals surface area contributed by atoms with Gasteiger partial charge in [0.05, 0.1) is 0 Å². The molecule has 0 bridgehead atoms. The number of nitrogens with two attached hydrogens (primary N) is 1. The number of carbonyl (C=O) groups is 4. The maximum Gasteiger partial charge on any atom is 0.312 e. The molecule has 136 valence electrons. The molecule has 1 aromatic rings. The summed E-state index contributed by atoms with van der Waals surface area (Å²) in [5.74, 6) is -0.745. The normalized spacial score (nSPS) is 11.1. The summed E-state index contributed by atoms with van der Waals surface area (Å²) in [6.45, 7) is 1.80. The van der Waals surface area contributed by atoms with Crippen LogP contribution >= 0.6 is 0 Å². The van der Waals surface area contributed by atoms with E-state index < -0.39 is 12.1 Å². The van der Waals surface area contributed by atoms with E-state index in [9.17, 15) is 19.2 Å². The lowest BCUT2D eigenvalue weighted by Gasteiger charge is -2.16. The van der Waals surface area contributed by atoms with Crippen LogP contribution in [0.25, 0.3) is 0 Å². The lowest BCUT2D eigenvalue weighted by Crippen LogP contribution is -2.40. The van der Waals surface area contributed by atoms with Crippen molar-refractivity contribution < 1.29 is 23.9 Å². The van der Waals surface area contributed by atoms with Crippen molar-refractivity contribution in [3.05, 3.63) is 29.8 Å². The molecule has 0 heterocycles. The number of hydrogen-bond donors (Lipinski definition) is 4. The second-order valence-corrected chi connectivity index (χ2v) is 5.24. The highest BCUT2D eigenvalue weighted by Crippen LogP contribution is 2.11. The van der Waals surface area contributed by atoms with Crippen molar-refractivity contribution in [2.24, 2.45) is 5.73 Å². The summed E-state index contributed by atoms with van der Waals surface area (Å²) in [5.41, 5.74) is 6.28. The number of primary amides is 1. The van der Waals surface area contributed by atoms with Crippen LogP contribution in [0.15, 0.2) is 24.3 Å². The fourth-order valence-electron chi connectivity index (χ4n) is 1.99. The zero-order chi connectivity index (χ0) is 18.7. The van der Waals surface area contributed by atoms with Gasteiger partial charge in [-0.05, 0) is 30.5 Å². The fraction of sp³-hybridized carbons (Fsp3) is 0.375. The Morgan fingerprint density at radius 3 is 2.48 bits per heavy atom. The Morgan fingerprint density at radius 1 is 1.24 bits per heavy atom. The first-order valence-corrected chi connectivity index (χ1v) is 7.68. The summed E-state index contributed by atoms with van der Waals surface area (Å²) in [6, 6.07) is 5.41. The van der Waals surface area contributed by atoms with Crippen LogP contribution in [-0.2, 0) is 25.7 Å². The van der Waals surface area contributed by atoms with E-state index in [0.29, 0.717) is 31.5 Å². The monoisotopic (exact) mass is 350 g/mol. The van der Waals surface area contributed by atoms with E-state index in [1.165, 1.54) is 6.92 Å². The van der Waals surface area contributed by atoms with E-state index in [-0.39, 0.29) is 18.5 Å². The number of amides is 4. The predicted octanol–water partition coefficient (Wildman–Crippen LogP) is 0.251. The van der Waals surface area contributed by atoms with E-state index in [1.807, 2.05) is 0 Å². The quantitative estimate of drug-likeness (QED) is 0.272. The number of hydrogen-bond acceptors (Lipinski definition) is 5. The maximum atomic E-state index is 12.2. The molecule has 0 fully saturated rings. The molecule has 1 rings (SSSR count). The third-order valence-corrected chi connectivity index (χ3v) is 3.22. The molecule has 0 spiro atoms. The van der Waals surface area contributed by atoms with Gasteiger partial charge in [-0.2, -0.15) is 0 Å². The van der Waals surface area contributed by atoms with Gasteiger partial charge < -0.3 is 26.4 Å². The molecular weight excluding hydrogens is 328 g/mol. The van der Waals surface area contributed by atoms with Crippen LogP contribution in [0.2, 0.25) is 0 Å². The van der Waals surface area contributed by atoms with Gasteiger partial charge in [-0.25, -0.2) is 4.79 Å². The Labute approximate surface area is 145 Å². The average Bonchev–Trinajstić information content (AvgIpc) is 2.56. The van der Waals surface area contributed by atoms with E-state index in [1.54, 1.807) is 24.3 Å². The van der Waals surface area contributed by atoms with Crippen molar-refractivity contribution in [1.29, 1.82) is 0 Å². The van der Waals surface area contributed by atoms with Gasteiger partial charge in [0.25, 0.3) is 0 Å². The Balaban J connectivity index is 2.53. The first kappa shape index (κ1) is 19.9. The lowest BCUT2D eigenvalue weighted by molar-refractivity contribution is -0.142. The molecule has 1 unspecified atom stereocenters. The summed E-state index contributed by atoms with van der Waals surface area (Å²) in [7, 11) is 0. The van der Waals surface area contributed by atoms with Crippen molar-refractivity contribution in [1.82, 2.24) is 10.6 Å². The molecule has 1 aromatic carbocycles. The maximum absolute atomic E-state index is 12.2. The first-order valence-electron chi connectivity index (χ1n) is 7.68. The topological polar surface area (TPSA) is 140 Å². The fourth-order valence-corrected chi connectivity index (χ4v) is 1.99. The van der Waals surface area contributed by atoms with Gasteiger partial charge in [0.2, 0.25) is 12.3 Å². The minimum atomic E-state index is -0.729. The van der Waals surface area contributed by atoms with Crippen LogP contribution < -0.4 is 21.7 Å². The van der Waals surface area contributed by atoms with Crippen LogP contribution in [0.3, 0.4) is 0 Å². The molecule has 9 nitrogen and oxygen atoms in total. The third-order valence-electron chi connectivity index (χ3n) is 3.22. The molecule has 25 heavy (non-hydrogen) atoms. The van der Waals surface area contributed by atoms with Crippen LogP contribution in [-0.4, -0.2) is 36.9 Å². The Bertz CT molecular complexity index is 603. The number of esters is 1.